The summed E-state index contributed by atoms with van der Waals surface area (Å²) in [6.07, 6.45) is 0.851. The third kappa shape index (κ3) is 4.05. The lowest BCUT2D eigenvalue weighted by molar-refractivity contribution is 0.0767. The van der Waals surface area contributed by atoms with Gasteiger partial charge in [0.1, 0.15) is 11.4 Å². The zero-order valence-electron chi connectivity index (χ0n) is 12.6. The summed E-state index contributed by atoms with van der Waals surface area (Å²) < 4.78 is 0. The van der Waals surface area contributed by atoms with Crippen LogP contribution in [0.2, 0.25) is 0 Å². The first-order chi connectivity index (χ1) is 9.53. The molecule has 0 saturated heterocycles. The molecule has 0 aliphatic heterocycles. The quantitative estimate of drug-likeness (QED) is 0.866. The van der Waals surface area contributed by atoms with Crippen LogP contribution < -0.4 is 5.32 Å². The highest BCUT2D eigenvalue weighted by Gasteiger charge is 2.16. The van der Waals surface area contributed by atoms with Gasteiger partial charge in [0.25, 0.3) is 11.8 Å². The highest BCUT2D eigenvalue weighted by Crippen LogP contribution is 2.05. The lowest BCUT2D eigenvalue weighted by atomic mass is 10.2. The fourth-order valence-electron chi connectivity index (χ4n) is 1.75. The molecule has 5 heteroatoms. The summed E-state index contributed by atoms with van der Waals surface area (Å²) in [5.74, 6) is -0.387. The third-order valence-electron chi connectivity index (χ3n) is 3.24. The van der Waals surface area contributed by atoms with Gasteiger partial charge in [-0.1, -0.05) is 13.0 Å². The number of carbonyl (C=O) groups is 2. The number of nitrogens with zero attached hydrogens (tertiary/aromatic N) is 2. The minimum Gasteiger partial charge on any atom is -0.348 e. The van der Waals surface area contributed by atoms with Crippen molar-refractivity contribution in [2.24, 2.45) is 0 Å². The van der Waals surface area contributed by atoms with Gasteiger partial charge in [-0.3, -0.25) is 9.59 Å². The van der Waals surface area contributed by atoms with Crippen LogP contribution in [0.15, 0.2) is 18.2 Å². The molecule has 1 aromatic rings. The van der Waals surface area contributed by atoms with E-state index < -0.39 is 0 Å². The Morgan fingerprint density at radius 3 is 2.35 bits per heavy atom. The molecule has 1 aromatic heterocycles. The van der Waals surface area contributed by atoms with Crippen LogP contribution in [0.5, 0.6) is 0 Å². The second-order valence-electron chi connectivity index (χ2n) is 4.67. The second kappa shape index (κ2) is 7.62. The molecule has 0 fully saturated rings. The predicted molar refractivity (Wildman–Crippen MR) is 78.7 cm³/mol. The number of aromatic nitrogens is 1. The largest absolute Gasteiger partial charge is 0.348 e. The van der Waals surface area contributed by atoms with E-state index in [4.69, 9.17) is 0 Å². The van der Waals surface area contributed by atoms with Gasteiger partial charge in [0.15, 0.2) is 0 Å². The van der Waals surface area contributed by atoms with E-state index >= 15 is 0 Å². The summed E-state index contributed by atoms with van der Waals surface area (Å²) in [6, 6.07) is 5.04. The number of hydrogen-bond donors (Lipinski definition) is 1. The zero-order chi connectivity index (χ0) is 15.1. The molecule has 0 saturated carbocycles. The number of nitrogens with one attached hydrogen (secondary N) is 1. The summed E-state index contributed by atoms with van der Waals surface area (Å²) in [5.41, 5.74) is 0.591. The molecular formula is C15H23N3O2. The molecule has 0 spiro atoms. The van der Waals surface area contributed by atoms with Crippen LogP contribution >= 0.6 is 0 Å². The van der Waals surface area contributed by atoms with Crippen LogP contribution in [0.1, 0.15) is 55.1 Å². The van der Waals surface area contributed by atoms with Gasteiger partial charge in [-0.15, -0.1) is 0 Å². The standard InChI is InChI=1S/C15H23N3O2/c1-5-11(4)16-14(19)12-9-8-10-13(17-12)15(20)18(6-2)7-3/h8-11H,5-7H2,1-4H3,(H,16,19). The van der Waals surface area contributed by atoms with Crippen LogP contribution in [0.25, 0.3) is 0 Å². The van der Waals surface area contributed by atoms with Gasteiger partial charge in [-0.05, 0) is 39.3 Å². The maximum Gasteiger partial charge on any atom is 0.272 e. The summed E-state index contributed by atoms with van der Waals surface area (Å²) in [5, 5.41) is 2.84. The van der Waals surface area contributed by atoms with E-state index in [1.807, 2.05) is 27.7 Å². The first-order valence-corrected chi connectivity index (χ1v) is 7.10. The Hall–Kier alpha value is -1.91. The van der Waals surface area contributed by atoms with E-state index in [1.54, 1.807) is 23.1 Å². The Morgan fingerprint density at radius 2 is 1.80 bits per heavy atom. The molecule has 1 unspecified atom stereocenters. The normalized spacial score (nSPS) is 11.8. The molecule has 0 aliphatic rings. The summed E-state index contributed by atoms with van der Waals surface area (Å²) in [7, 11) is 0. The number of rotatable bonds is 6. The molecule has 20 heavy (non-hydrogen) atoms. The fraction of sp³-hybridized carbons (Fsp3) is 0.533. The summed E-state index contributed by atoms with van der Waals surface area (Å²) in [4.78, 5) is 30.0. The van der Waals surface area contributed by atoms with Gasteiger partial charge < -0.3 is 10.2 Å². The average Bonchev–Trinajstić information content (AvgIpc) is 2.48. The van der Waals surface area contributed by atoms with E-state index in [1.165, 1.54) is 0 Å². The summed E-state index contributed by atoms with van der Waals surface area (Å²) in [6.45, 7) is 9.02. The van der Waals surface area contributed by atoms with Crippen LogP contribution in [0, 0.1) is 0 Å². The number of amides is 2. The molecule has 1 atom stereocenters. The van der Waals surface area contributed by atoms with E-state index in [0.29, 0.717) is 18.8 Å². The highest BCUT2D eigenvalue weighted by molar-refractivity contribution is 5.96. The summed E-state index contributed by atoms with van der Waals surface area (Å²) >= 11 is 0. The van der Waals surface area contributed by atoms with Crippen LogP contribution in [-0.2, 0) is 0 Å². The van der Waals surface area contributed by atoms with Crippen molar-refractivity contribution in [3.63, 3.8) is 0 Å². The molecule has 0 aromatic carbocycles. The first kappa shape index (κ1) is 16.1. The topological polar surface area (TPSA) is 62.3 Å². The Bertz CT molecular complexity index is 470. The van der Waals surface area contributed by atoms with Crippen LogP contribution in [-0.4, -0.2) is 40.8 Å². The number of hydrogen-bond acceptors (Lipinski definition) is 3. The zero-order valence-corrected chi connectivity index (χ0v) is 12.6. The minimum absolute atomic E-state index is 0.0893. The molecule has 1 heterocycles. The van der Waals surface area contributed by atoms with Gasteiger partial charge in [0.05, 0.1) is 0 Å². The van der Waals surface area contributed by atoms with Gasteiger partial charge in [0.2, 0.25) is 0 Å². The molecule has 5 nitrogen and oxygen atoms in total. The van der Waals surface area contributed by atoms with E-state index in [0.717, 1.165) is 6.42 Å². The molecule has 0 radical (unpaired) electrons. The van der Waals surface area contributed by atoms with E-state index in [-0.39, 0.29) is 23.6 Å². The number of pyridine rings is 1. The fourth-order valence-corrected chi connectivity index (χ4v) is 1.75. The highest BCUT2D eigenvalue weighted by atomic mass is 16.2. The van der Waals surface area contributed by atoms with Gasteiger partial charge in [0, 0.05) is 19.1 Å². The van der Waals surface area contributed by atoms with Crippen LogP contribution in [0.4, 0.5) is 0 Å². The van der Waals surface area contributed by atoms with Crippen molar-refractivity contribution in [1.29, 1.82) is 0 Å². The van der Waals surface area contributed by atoms with Crippen molar-refractivity contribution in [3.8, 4) is 0 Å². The molecular weight excluding hydrogens is 254 g/mol. The van der Waals surface area contributed by atoms with Crippen molar-refractivity contribution < 1.29 is 9.59 Å². The van der Waals surface area contributed by atoms with Crippen molar-refractivity contribution in [2.75, 3.05) is 13.1 Å². The van der Waals surface area contributed by atoms with E-state index in [2.05, 4.69) is 10.3 Å². The maximum atomic E-state index is 12.2. The molecule has 0 bridgehead atoms. The molecule has 110 valence electrons. The monoisotopic (exact) mass is 277 g/mol. The van der Waals surface area contributed by atoms with Crippen molar-refractivity contribution >= 4 is 11.8 Å². The van der Waals surface area contributed by atoms with Crippen molar-refractivity contribution in [1.82, 2.24) is 15.2 Å². The third-order valence-corrected chi connectivity index (χ3v) is 3.24. The molecule has 2 amide bonds. The van der Waals surface area contributed by atoms with Crippen molar-refractivity contribution in [3.05, 3.63) is 29.6 Å². The predicted octanol–water partition coefficient (Wildman–Crippen LogP) is 2.09. The average molecular weight is 277 g/mol. The SMILES string of the molecule is CCC(C)NC(=O)c1cccc(C(=O)N(CC)CC)n1. The maximum absolute atomic E-state index is 12.2. The lowest BCUT2D eigenvalue weighted by Gasteiger charge is -2.18. The van der Waals surface area contributed by atoms with Gasteiger partial charge in [-0.2, -0.15) is 0 Å². The van der Waals surface area contributed by atoms with Gasteiger partial charge >= 0.3 is 0 Å². The van der Waals surface area contributed by atoms with Gasteiger partial charge in [-0.25, -0.2) is 4.98 Å². The Labute approximate surface area is 120 Å². The molecule has 1 rings (SSSR count). The van der Waals surface area contributed by atoms with Crippen molar-refractivity contribution in [2.45, 2.75) is 40.2 Å². The Morgan fingerprint density at radius 1 is 1.20 bits per heavy atom. The lowest BCUT2D eigenvalue weighted by Crippen LogP contribution is -2.34. The molecule has 0 aliphatic carbocycles. The van der Waals surface area contributed by atoms with Crippen LogP contribution in [0.3, 0.4) is 0 Å². The molecule has 1 N–H and O–H groups in total. The van der Waals surface area contributed by atoms with E-state index in [9.17, 15) is 9.59 Å². The minimum atomic E-state index is -0.242. The second-order valence-corrected chi connectivity index (χ2v) is 4.67. The number of carbonyl (C=O) groups excluding carboxylic acids is 2. The Kier molecular flexibility index (Phi) is 6.15. The smallest absolute Gasteiger partial charge is 0.272 e. The first-order valence-electron chi connectivity index (χ1n) is 7.10. The Balaban J connectivity index is 2.90.